The minimum absolute atomic E-state index is 0.302. The molecular weight excluding hydrogens is 186 g/mol. The van der Waals surface area contributed by atoms with Gasteiger partial charge in [0.25, 0.3) is 0 Å². The van der Waals surface area contributed by atoms with Gasteiger partial charge in [0.05, 0.1) is 7.11 Å². The van der Waals surface area contributed by atoms with Crippen LogP contribution in [0, 0.1) is 12.3 Å². The molecule has 1 N–H and O–H groups in total. The summed E-state index contributed by atoms with van der Waals surface area (Å²) in [7, 11) is 3.62. The summed E-state index contributed by atoms with van der Waals surface area (Å²) in [5, 5.41) is 3.25. The summed E-state index contributed by atoms with van der Waals surface area (Å²) in [4.78, 5) is 0. The summed E-state index contributed by atoms with van der Waals surface area (Å²) in [5.74, 6) is 3.54. The van der Waals surface area contributed by atoms with Crippen molar-refractivity contribution in [3.63, 3.8) is 0 Å². The van der Waals surface area contributed by atoms with Crippen molar-refractivity contribution in [2.45, 2.75) is 18.9 Å². The van der Waals surface area contributed by atoms with Gasteiger partial charge in [0.1, 0.15) is 5.75 Å². The first kappa shape index (κ1) is 11.6. The SMILES string of the molecule is C#CCCC(NC)c1cccc(OC)c1. The predicted octanol–water partition coefficient (Wildman–Crippen LogP) is 2.37. The van der Waals surface area contributed by atoms with Crippen molar-refractivity contribution in [3.8, 4) is 18.1 Å². The molecule has 0 heterocycles. The Balaban J connectivity index is 2.77. The lowest BCUT2D eigenvalue weighted by Gasteiger charge is -2.15. The molecule has 15 heavy (non-hydrogen) atoms. The van der Waals surface area contributed by atoms with Crippen LogP contribution in [0.3, 0.4) is 0 Å². The zero-order valence-electron chi connectivity index (χ0n) is 9.29. The van der Waals surface area contributed by atoms with Crippen LogP contribution in [0.15, 0.2) is 24.3 Å². The maximum atomic E-state index is 5.26. The third kappa shape index (κ3) is 3.30. The molecule has 1 aromatic carbocycles. The monoisotopic (exact) mass is 203 g/mol. The van der Waals surface area contributed by atoms with Crippen molar-refractivity contribution in [1.29, 1.82) is 0 Å². The molecule has 0 aliphatic rings. The van der Waals surface area contributed by atoms with Gasteiger partial charge in [-0.3, -0.25) is 0 Å². The lowest BCUT2D eigenvalue weighted by Crippen LogP contribution is -2.16. The summed E-state index contributed by atoms with van der Waals surface area (Å²) in [6.45, 7) is 0. The Morgan fingerprint density at radius 1 is 1.53 bits per heavy atom. The molecule has 1 atom stereocenters. The Morgan fingerprint density at radius 2 is 2.33 bits per heavy atom. The second-order valence-corrected chi connectivity index (χ2v) is 3.36. The smallest absolute Gasteiger partial charge is 0.119 e. The van der Waals surface area contributed by atoms with Crippen molar-refractivity contribution in [2.24, 2.45) is 0 Å². The quantitative estimate of drug-likeness (QED) is 0.742. The molecule has 0 spiro atoms. The van der Waals surface area contributed by atoms with E-state index in [0.717, 1.165) is 18.6 Å². The largest absolute Gasteiger partial charge is 0.497 e. The second kappa shape index (κ2) is 6.10. The van der Waals surface area contributed by atoms with Crippen LogP contribution in [0.4, 0.5) is 0 Å². The van der Waals surface area contributed by atoms with E-state index in [0.29, 0.717) is 6.04 Å². The number of methoxy groups -OCH3 is 1. The van der Waals surface area contributed by atoms with E-state index in [-0.39, 0.29) is 0 Å². The Hall–Kier alpha value is -1.46. The van der Waals surface area contributed by atoms with Crippen LogP contribution in [0.5, 0.6) is 5.75 Å². The first-order valence-electron chi connectivity index (χ1n) is 5.06. The molecule has 1 unspecified atom stereocenters. The second-order valence-electron chi connectivity index (χ2n) is 3.36. The van der Waals surface area contributed by atoms with Crippen LogP contribution >= 0.6 is 0 Å². The zero-order chi connectivity index (χ0) is 11.1. The van der Waals surface area contributed by atoms with Gasteiger partial charge in [0.2, 0.25) is 0 Å². The third-order valence-corrected chi connectivity index (χ3v) is 2.42. The Bertz CT molecular complexity index is 341. The molecule has 0 saturated heterocycles. The molecule has 1 aromatic rings. The molecule has 0 fully saturated rings. The maximum Gasteiger partial charge on any atom is 0.119 e. The lowest BCUT2D eigenvalue weighted by molar-refractivity contribution is 0.413. The summed E-state index contributed by atoms with van der Waals surface area (Å²) in [6, 6.07) is 8.36. The average molecular weight is 203 g/mol. The van der Waals surface area contributed by atoms with Crippen LogP contribution in [0.2, 0.25) is 0 Å². The summed E-state index contributed by atoms with van der Waals surface area (Å²) in [5.41, 5.74) is 1.21. The molecule has 0 amide bonds. The van der Waals surface area contributed by atoms with Crippen molar-refractivity contribution in [3.05, 3.63) is 29.8 Å². The molecule has 0 aliphatic carbocycles. The normalized spacial score (nSPS) is 11.8. The highest BCUT2D eigenvalue weighted by Crippen LogP contribution is 2.22. The van der Waals surface area contributed by atoms with Gasteiger partial charge < -0.3 is 10.1 Å². The Labute approximate surface area is 91.6 Å². The average Bonchev–Trinajstić information content (AvgIpc) is 2.30. The van der Waals surface area contributed by atoms with Gasteiger partial charge in [-0.25, -0.2) is 0 Å². The molecule has 0 saturated carbocycles. The van der Waals surface area contributed by atoms with Crippen molar-refractivity contribution in [2.75, 3.05) is 14.2 Å². The van der Waals surface area contributed by atoms with Gasteiger partial charge in [-0.1, -0.05) is 12.1 Å². The number of terminal acetylenes is 1. The highest BCUT2D eigenvalue weighted by molar-refractivity contribution is 5.30. The predicted molar refractivity (Wildman–Crippen MR) is 62.9 cm³/mol. The fourth-order valence-electron chi connectivity index (χ4n) is 1.56. The standard InChI is InChI=1S/C13H17NO/c1-4-5-9-13(14-2)11-7-6-8-12(10-11)15-3/h1,6-8,10,13-14H,5,9H2,2-3H3. The third-order valence-electron chi connectivity index (χ3n) is 2.42. The van der Waals surface area contributed by atoms with Crippen molar-refractivity contribution < 1.29 is 4.74 Å². The molecule has 2 nitrogen and oxygen atoms in total. The number of rotatable bonds is 5. The molecule has 0 bridgehead atoms. The summed E-state index contributed by atoms with van der Waals surface area (Å²) < 4.78 is 5.19. The Kier molecular flexibility index (Phi) is 4.73. The van der Waals surface area contributed by atoms with Crippen LogP contribution < -0.4 is 10.1 Å². The molecular formula is C13H17NO. The van der Waals surface area contributed by atoms with E-state index in [1.54, 1.807) is 7.11 Å². The molecule has 0 aliphatic heterocycles. The van der Waals surface area contributed by atoms with E-state index in [9.17, 15) is 0 Å². The molecule has 0 radical (unpaired) electrons. The minimum Gasteiger partial charge on any atom is -0.497 e. The number of benzene rings is 1. The summed E-state index contributed by atoms with van der Waals surface area (Å²) >= 11 is 0. The van der Waals surface area contributed by atoms with E-state index < -0.39 is 0 Å². The van der Waals surface area contributed by atoms with Gasteiger partial charge in [-0.2, -0.15) is 0 Å². The maximum absolute atomic E-state index is 5.26. The van der Waals surface area contributed by atoms with Gasteiger partial charge in [0.15, 0.2) is 0 Å². The van der Waals surface area contributed by atoms with Crippen LogP contribution in [0.1, 0.15) is 24.4 Å². The number of nitrogens with one attached hydrogen (secondary N) is 1. The Morgan fingerprint density at radius 3 is 2.93 bits per heavy atom. The van der Waals surface area contributed by atoms with E-state index in [2.05, 4.69) is 17.3 Å². The van der Waals surface area contributed by atoms with Crippen LogP contribution in [0.25, 0.3) is 0 Å². The molecule has 80 valence electrons. The highest BCUT2D eigenvalue weighted by atomic mass is 16.5. The van der Waals surface area contributed by atoms with Crippen molar-refractivity contribution in [1.82, 2.24) is 5.32 Å². The van der Waals surface area contributed by atoms with Gasteiger partial charge in [-0.15, -0.1) is 12.3 Å². The van der Waals surface area contributed by atoms with Crippen molar-refractivity contribution >= 4 is 0 Å². The van der Waals surface area contributed by atoms with Gasteiger partial charge in [-0.05, 0) is 31.2 Å². The topological polar surface area (TPSA) is 21.3 Å². The summed E-state index contributed by atoms with van der Waals surface area (Å²) in [6.07, 6.45) is 6.99. The van der Waals surface area contributed by atoms with Crippen LogP contribution in [-0.2, 0) is 0 Å². The van der Waals surface area contributed by atoms with E-state index in [1.165, 1.54) is 5.56 Å². The first-order chi connectivity index (χ1) is 7.31. The number of ether oxygens (including phenoxy) is 1. The van der Waals surface area contributed by atoms with E-state index >= 15 is 0 Å². The van der Waals surface area contributed by atoms with E-state index in [4.69, 9.17) is 11.2 Å². The number of hydrogen-bond acceptors (Lipinski definition) is 2. The minimum atomic E-state index is 0.302. The number of hydrogen-bond donors (Lipinski definition) is 1. The molecule has 2 heteroatoms. The lowest BCUT2D eigenvalue weighted by atomic mass is 10.0. The first-order valence-corrected chi connectivity index (χ1v) is 5.06. The van der Waals surface area contributed by atoms with Gasteiger partial charge >= 0.3 is 0 Å². The highest BCUT2D eigenvalue weighted by Gasteiger charge is 2.08. The fourth-order valence-corrected chi connectivity index (χ4v) is 1.56. The molecule has 1 rings (SSSR count). The zero-order valence-corrected chi connectivity index (χ0v) is 9.29. The molecule has 0 aromatic heterocycles. The van der Waals surface area contributed by atoms with Crippen LogP contribution in [-0.4, -0.2) is 14.2 Å². The van der Waals surface area contributed by atoms with Gasteiger partial charge in [0, 0.05) is 12.5 Å². The fraction of sp³-hybridized carbons (Fsp3) is 0.385. The van der Waals surface area contributed by atoms with E-state index in [1.807, 2.05) is 25.2 Å².